The SMILES string of the molecule is c1ccc(-c2nc(-c3cccc4c3sc3c4ccc4ccc5ccccc5c43)nc(-c3cccc4oc5ccccc5c34)n2)cc1. The lowest BCUT2D eigenvalue weighted by Crippen LogP contribution is -2.00. The molecule has 0 saturated heterocycles. The van der Waals surface area contributed by atoms with Crippen LogP contribution in [0.25, 0.3) is 97.8 Å². The second-order valence-corrected chi connectivity index (χ2v) is 12.6. The van der Waals surface area contributed by atoms with Gasteiger partial charge >= 0.3 is 0 Å². The molecule has 10 aromatic rings. The number of hydrogen-bond acceptors (Lipinski definition) is 5. The predicted molar refractivity (Wildman–Crippen MR) is 191 cm³/mol. The minimum absolute atomic E-state index is 0.621. The lowest BCUT2D eigenvalue weighted by Gasteiger charge is -2.10. The molecule has 0 bridgehead atoms. The monoisotopic (exact) mass is 605 g/mol. The van der Waals surface area contributed by atoms with E-state index in [-0.39, 0.29) is 0 Å². The maximum absolute atomic E-state index is 6.23. The first-order chi connectivity index (χ1) is 22.8. The molecule has 3 heterocycles. The number of rotatable bonds is 3. The third kappa shape index (κ3) is 3.76. The summed E-state index contributed by atoms with van der Waals surface area (Å²) in [6.07, 6.45) is 0. The van der Waals surface area contributed by atoms with Crippen molar-refractivity contribution in [1.29, 1.82) is 0 Å². The molecule has 0 aliphatic heterocycles. The summed E-state index contributed by atoms with van der Waals surface area (Å²) < 4.78 is 8.68. The Morgan fingerprint density at radius 2 is 1.02 bits per heavy atom. The zero-order valence-corrected chi connectivity index (χ0v) is 25.3. The Balaban J connectivity index is 1.28. The summed E-state index contributed by atoms with van der Waals surface area (Å²) in [6, 6.07) is 48.4. The molecule has 4 nitrogen and oxygen atoms in total. The standard InChI is InChI=1S/C41H23N3OS/c1-2-11-26(12-3-1)39-42-40(31-16-9-19-34-36(31)30-14-6-7-18-33(30)45-34)44-41(43-39)32-17-8-15-28-29-23-22-25-21-20-24-10-4-5-13-27(24)35(25)38(29)46-37(28)32/h1-23H. The highest BCUT2D eigenvalue weighted by Gasteiger charge is 2.20. The van der Waals surface area contributed by atoms with Crippen LogP contribution in [0.5, 0.6) is 0 Å². The van der Waals surface area contributed by atoms with Gasteiger partial charge < -0.3 is 4.42 Å². The zero-order chi connectivity index (χ0) is 30.2. The molecular weight excluding hydrogens is 583 g/mol. The summed E-state index contributed by atoms with van der Waals surface area (Å²) in [5.41, 5.74) is 4.52. The van der Waals surface area contributed by atoms with Gasteiger partial charge in [-0.25, -0.2) is 15.0 Å². The van der Waals surface area contributed by atoms with Gasteiger partial charge in [0, 0.05) is 53.0 Å². The second kappa shape index (κ2) is 9.80. The minimum Gasteiger partial charge on any atom is -0.456 e. The van der Waals surface area contributed by atoms with E-state index in [4.69, 9.17) is 19.4 Å². The number of hydrogen-bond donors (Lipinski definition) is 0. The number of para-hydroxylation sites is 1. The molecule has 0 saturated carbocycles. The Labute approximate surface area is 267 Å². The first kappa shape index (κ1) is 25.4. The second-order valence-electron chi connectivity index (χ2n) is 11.6. The quantitative estimate of drug-likeness (QED) is 0.188. The number of thiophene rings is 1. The smallest absolute Gasteiger partial charge is 0.165 e. The fourth-order valence-corrected chi connectivity index (χ4v) is 8.19. The van der Waals surface area contributed by atoms with Crippen molar-refractivity contribution in [2.75, 3.05) is 0 Å². The number of aromatic nitrogens is 3. The van der Waals surface area contributed by atoms with Gasteiger partial charge in [0.25, 0.3) is 0 Å². The topological polar surface area (TPSA) is 51.8 Å². The van der Waals surface area contributed by atoms with E-state index in [1.54, 1.807) is 0 Å². The molecule has 5 heteroatoms. The number of fused-ring (bicyclic) bond motifs is 10. The molecule has 7 aromatic carbocycles. The summed E-state index contributed by atoms with van der Waals surface area (Å²) in [5.74, 6) is 1.91. The highest BCUT2D eigenvalue weighted by Crippen LogP contribution is 2.44. The van der Waals surface area contributed by atoms with Crippen LogP contribution in [0.2, 0.25) is 0 Å². The molecule has 0 aliphatic rings. The lowest BCUT2D eigenvalue weighted by molar-refractivity contribution is 0.669. The molecule has 0 radical (unpaired) electrons. The van der Waals surface area contributed by atoms with Crippen LogP contribution in [0.15, 0.2) is 144 Å². The molecule has 0 amide bonds. The molecule has 0 N–H and O–H groups in total. The van der Waals surface area contributed by atoms with Crippen LogP contribution in [0.4, 0.5) is 0 Å². The van der Waals surface area contributed by atoms with Gasteiger partial charge in [0.1, 0.15) is 11.2 Å². The number of benzene rings is 7. The van der Waals surface area contributed by atoms with Crippen molar-refractivity contribution >= 4 is 75.0 Å². The Bertz CT molecular complexity index is 2820. The van der Waals surface area contributed by atoms with Gasteiger partial charge in [-0.15, -0.1) is 11.3 Å². The third-order valence-electron chi connectivity index (χ3n) is 8.92. The van der Waals surface area contributed by atoms with Gasteiger partial charge in [0.15, 0.2) is 17.5 Å². The van der Waals surface area contributed by atoms with E-state index in [2.05, 4.69) is 78.9 Å². The number of nitrogens with zero attached hydrogens (tertiary/aromatic N) is 3. The van der Waals surface area contributed by atoms with Crippen molar-refractivity contribution in [3.63, 3.8) is 0 Å². The Kier molecular flexibility index (Phi) is 5.41. The van der Waals surface area contributed by atoms with Crippen molar-refractivity contribution in [2.45, 2.75) is 0 Å². The van der Waals surface area contributed by atoms with Gasteiger partial charge in [0.2, 0.25) is 0 Å². The van der Waals surface area contributed by atoms with E-state index < -0.39 is 0 Å². The van der Waals surface area contributed by atoms with Crippen LogP contribution in [0.1, 0.15) is 0 Å². The molecule has 3 aromatic heterocycles. The minimum atomic E-state index is 0.621. The third-order valence-corrected chi connectivity index (χ3v) is 10.2. The van der Waals surface area contributed by atoms with E-state index in [9.17, 15) is 0 Å². The van der Waals surface area contributed by atoms with Crippen LogP contribution in [0.3, 0.4) is 0 Å². The van der Waals surface area contributed by atoms with E-state index in [0.29, 0.717) is 17.5 Å². The normalized spacial score (nSPS) is 11.9. The van der Waals surface area contributed by atoms with Gasteiger partial charge in [-0.2, -0.15) is 0 Å². The molecule has 0 unspecified atom stereocenters. The first-order valence-corrected chi connectivity index (χ1v) is 16.1. The molecule has 46 heavy (non-hydrogen) atoms. The highest BCUT2D eigenvalue weighted by molar-refractivity contribution is 7.27. The summed E-state index contributed by atoms with van der Waals surface area (Å²) in [6.45, 7) is 0. The maximum atomic E-state index is 6.23. The van der Waals surface area contributed by atoms with Crippen molar-refractivity contribution in [2.24, 2.45) is 0 Å². The van der Waals surface area contributed by atoms with Gasteiger partial charge in [-0.05, 0) is 34.4 Å². The predicted octanol–water partition coefficient (Wildman–Crippen LogP) is 11.4. The van der Waals surface area contributed by atoms with Gasteiger partial charge in [-0.3, -0.25) is 0 Å². The van der Waals surface area contributed by atoms with Crippen molar-refractivity contribution in [3.8, 4) is 34.2 Å². The van der Waals surface area contributed by atoms with E-state index in [1.807, 2.05) is 72.0 Å². The summed E-state index contributed by atoms with van der Waals surface area (Å²) in [4.78, 5) is 15.4. The maximum Gasteiger partial charge on any atom is 0.165 e. The van der Waals surface area contributed by atoms with Crippen LogP contribution in [0, 0.1) is 0 Å². The average molecular weight is 606 g/mol. The Morgan fingerprint density at radius 3 is 1.93 bits per heavy atom. The summed E-state index contributed by atoms with van der Waals surface area (Å²) in [5, 5.41) is 9.56. The van der Waals surface area contributed by atoms with E-state index in [0.717, 1.165) is 38.6 Å². The van der Waals surface area contributed by atoms with Crippen molar-refractivity contribution < 1.29 is 4.42 Å². The first-order valence-electron chi connectivity index (χ1n) is 15.3. The summed E-state index contributed by atoms with van der Waals surface area (Å²) >= 11 is 1.82. The average Bonchev–Trinajstić information content (AvgIpc) is 3.70. The molecule has 214 valence electrons. The lowest BCUT2D eigenvalue weighted by atomic mass is 9.99. The van der Waals surface area contributed by atoms with Gasteiger partial charge in [-0.1, -0.05) is 121 Å². The Hall–Kier alpha value is -5.91. The number of furan rings is 1. The molecule has 0 aliphatic carbocycles. The summed E-state index contributed by atoms with van der Waals surface area (Å²) in [7, 11) is 0. The van der Waals surface area contributed by atoms with Crippen LogP contribution in [-0.2, 0) is 0 Å². The molecule has 0 atom stereocenters. The molecular formula is C41H23N3OS. The van der Waals surface area contributed by atoms with E-state index in [1.165, 1.54) is 41.7 Å². The van der Waals surface area contributed by atoms with Gasteiger partial charge in [0.05, 0.1) is 0 Å². The zero-order valence-electron chi connectivity index (χ0n) is 24.4. The highest BCUT2D eigenvalue weighted by atomic mass is 32.1. The fraction of sp³-hybridized carbons (Fsp3) is 0. The van der Waals surface area contributed by atoms with Crippen molar-refractivity contribution in [1.82, 2.24) is 15.0 Å². The molecule has 10 rings (SSSR count). The van der Waals surface area contributed by atoms with Crippen LogP contribution < -0.4 is 0 Å². The van der Waals surface area contributed by atoms with Crippen molar-refractivity contribution in [3.05, 3.63) is 140 Å². The van der Waals surface area contributed by atoms with Crippen LogP contribution >= 0.6 is 11.3 Å². The largest absolute Gasteiger partial charge is 0.456 e. The van der Waals surface area contributed by atoms with Crippen LogP contribution in [-0.4, -0.2) is 15.0 Å². The van der Waals surface area contributed by atoms with E-state index >= 15 is 0 Å². The Morgan fingerprint density at radius 1 is 0.391 bits per heavy atom. The fourth-order valence-electron chi connectivity index (χ4n) is 6.81. The molecule has 0 fully saturated rings. The molecule has 0 spiro atoms.